The Morgan fingerprint density at radius 1 is 0.607 bits per heavy atom. The Kier molecular flexibility index (Phi) is 13.0. The van der Waals surface area contributed by atoms with Gasteiger partial charge in [0.1, 0.15) is 0 Å². The molecule has 61 heavy (non-hydrogen) atoms. The third kappa shape index (κ3) is 9.99. The van der Waals surface area contributed by atoms with E-state index in [1.165, 1.54) is 38.9 Å². The molecule has 0 fully saturated rings. The van der Waals surface area contributed by atoms with Crippen LogP contribution in [0.25, 0.3) is 55.6 Å². The molecule has 4 aromatic heterocycles. The number of aromatic nitrogens is 7. The van der Waals surface area contributed by atoms with E-state index in [1.54, 1.807) is 21.3 Å². The first kappa shape index (κ1) is 42.7. The van der Waals surface area contributed by atoms with E-state index < -0.39 is 10.2 Å². The van der Waals surface area contributed by atoms with Gasteiger partial charge < -0.3 is 4.98 Å². The maximum absolute atomic E-state index is 12.6. The molecule has 0 spiro atoms. The molecule has 0 aliphatic rings. The molecule has 14 nitrogen and oxygen atoms in total. The lowest BCUT2D eigenvalue weighted by atomic mass is 10.1. The number of rotatable bonds is 6. The first-order chi connectivity index (χ1) is 29.3. The molecule has 0 atom stereocenters. The van der Waals surface area contributed by atoms with Gasteiger partial charge in [0.05, 0.1) is 57.4 Å². The van der Waals surface area contributed by atoms with Crippen LogP contribution in [0.1, 0.15) is 0 Å². The standard InChI is InChI=1S/C21H18ClN5O3S.C14H9BrN2O.C8H5BrN2O/c1-26(2)31(29,30)25-18-10-15(12-24-21(18)22)14-8-9-17-19(11-14)27(20(28)13-23-17)16-6-4-3-5-7-16;15-10-6-7-12-13(8-10)17(14(18)9-16-12)11-4-2-1-3-5-11;9-5-1-2-6-7(3-5)11-8(12)4-10-6/h3-13,25H,1-2H3;1-9H;1-4H,(H,11,12). The van der Waals surface area contributed by atoms with Crippen molar-refractivity contribution in [1.29, 1.82) is 0 Å². The fourth-order valence-corrected chi connectivity index (χ4v) is 7.52. The van der Waals surface area contributed by atoms with Crippen LogP contribution in [0.2, 0.25) is 5.15 Å². The van der Waals surface area contributed by atoms with E-state index >= 15 is 0 Å². The second-order valence-corrected chi connectivity index (χ2v) is 17.3. The summed E-state index contributed by atoms with van der Waals surface area (Å²) in [6.45, 7) is 0. The molecule has 4 heterocycles. The van der Waals surface area contributed by atoms with Crippen molar-refractivity contribution < 1.29 is 8.42 Å². The molecule has 5 aromatic carbocycles. The van der Waals surface area contributed by atoms with E-state index in [0.717, 1.165) is 46.6 Å². The van der Waals surface area contributed by atoms with Crippen molar-refractivity contribution >= 4 is 92.5 Å². The minimum absolute atomic E-state index is 0.0258. The number of nitrogens with one attached hydrogen (secondary N) is 2. The smallest absolute Gasteiger partial charge is 0.301 e. The zero-order valence-corrected chi connectivity index (χ0v) is 36.8. The molecule has 0 unspecified atom stereocenters. The van der Waals surface area contributed by atoms with Crippen molar-refractivity contribution in [3.05, 3.63) is 191 Å². The Labute approximate surface area is 369 Å². The topological polar surface area (TPSA) is 178 Å². The van der Waals surface area contributed by atoms with Gasteiger partial charge in [0, 0.05) is 46.2 Å². The number of H-pyrrole nitrogens is 1. The number of benzene rings is 5. The minimum atomic E-state index is -3.75. The van der Waals surface area contributed by atoms with Crippen molar-refractivity contribution in [1.82, 2.24) is 38.4 Å². The summed E-state index contributed by atoms with van der Waals surface area (Å²) in [6, 6.07) is 37.1. The Morgan fingerprint density at radius 2 is 1.13 bits per heavy atom. The number of hydrogen-bond donors (Lipinski definition) is 2. The third-order valence-electron chi connectivity index (χ3n) is 8.92. The largest absolute Gasteiger partial charge is 0.319 e. The Balaban J connectivity index is 0.000000156. The Hall–Kier alpha value is -6.37. The summed E-state index contributed by atoms with van der Waals surface area (Å²) in [7, 11) is -0.933. The lowest BCUT2D eigenvalue weighted by Gasteiger charge is -2.15. The van der Waals surface area contributed by atoms with Crippen molar-refractivity contribution in [2.24, 2.45) is 0 Å². The van der Waals surface area contributed by atoms with Crippen molar-refractivity contribution in [3.63, 3.8) is 0 Å². The van der Waals surface area contributed by atoms with Crippen molar-refractivity contribution in [2.45, 2.75) is 0 Å². The molecule has 0 amide bonds. The zero-order chi connectivity index (χ0) is 43.3. The SMILES string of the molecule is CN(C)S(=O)(=O)Nc1cc(-c2ccc3ncc(=O)n(-c4ccccc4)c3c2)cnc1Cl.O=c1cnc2ccc(Br)cc2[nH]1.O=c1cnc2ccc(Br)cc2n1-c1ccccc1. The lowest BCUT2D eigenvalue weighted by Crippen LogP contribution is -2.29. The first-order valence-electron chi connectivity index (χ1n) is 18.1. The van der Waals surface area contributed by atoms with Gasteiger partial charge in [-0.15, -0.1) is 0 Å². The Bertz CT molecular complexity index is 3350. The Morgan fingerprint density at radius 3 is 1.72 bits per heavy atom. The maximum Gasteiger partial charge on any atom is 0.301 e. The van der Waals surface area contributed by atoms with Crippen LogP contribution in [0.5, 0.6) is 0 Å². The van der Waals surface area contributed by atoms with Crippen LogP contribution >= 0.6 is 43.5 Å². The second-order valence-electron chi connectivity index (χ2n) is 13.2. The average molecular weight is 982 g/mol. The molecule has 0 saturated heterocycles. The highest BCUT2D eigenvalue weighted by Gasteiger charge is 2.17. The summed E-state index contributed by atoms with van der Waals surface area (Å²) in [5.74, 6) is 0. The van der Waals surface area contributed by atoms with E-state index in [2.05, 4.69) is 61.5 Å². The van der Waals surface area contributed by atoms with Gasteiger partial charge >= 0.3 is 10.2 Å². The van der Waals surface area contributed by atoms with Crippen LogP contribution in [0.15, 0.2) is 169 Å². The highest BCUT2D eigenvalue weighted by molar-refractivity contribution is 9.10. The van der Waals surface area contributed by atoms with Gasteiger partial charge in [-0.25, -0.2) is 19.9 Å². The van der Waals surface area contributed by atoms with Crippen LogP contribution in [0, 0.1) is 0 Å². The highest BCUT2D eigenvalue weighted by atomic mass is 79.9. The first-order valence-corrected chi connectivity index (χ1v) is 21.5. The molecule has 0 radical (unpaired) electrons. The monoisotopic (exact) mass is 979 g/mol. The fraction of sp³-hybridized carbons (Fsp3) is 0.0465. The molecule has 306 valence electrons. The minimum Gasteiger partial charge on any atom is -0.319 e. The molecule has 9 rings (SSSR count). The number of pyridine rings is 1. The van der Waals surface area contributed by atoms with Crippen molar-refractivity contribution in [2.75, 3.05) is 18.8 Å². The number of para-hydroxylation sites is 2. The lowest BCUT2D eigenvalue weighted by molar-refractivity contribution is 0.527. The molecule has 0 aliphatic carbocycles. The third-order valence-corrected chi connectivity index (χ3v) is 11.6. The predicted octanol–water partition coefficient (Wildman–Crippen LogP) is 8.15. The summed E-state index contributed by atoms with van der Waals surface area (Å²) in [4.78, 5) is 54.6. The number of aromatic amines is 1. The van der Waals surface area contributed by atoms with Crippen LogP contribution in [0.4, 0.5) is 5.69 Å². The summed E-state index contributed by atoms with van der Waals surface area (Å²) in [5, 5.41) is 0.0258. The van der Waals surface area contributed by atoms with E-state index in [9.17, 15) is 22.8 Å². The van der Waals surface area contributed by atoms with Crippen LogP contribution in [-0.2, 0) is 10.2 Å². The fourth-order valence-electron chi connectivity index (χ4n) is 5.99. The number of hydrogen-bond acceptors (Lipinski definition) is 9. The van der Waals surface area contributed by atoms with Gasteiger partial charge in [0.2, 0.25) is 0 Å². The quantitative estimate of drug-likeness (QED) is 0.156. The summed E-state index contributed by atoms with van der Waals surface area (Å²) in [6.07, 6.45) is 5.45. The average Bonchev–Trinajstić information content (AvgIpc) is 3.25. The molecule has 2 N–H and O–H groups in total. The molecular weight excluding hydrogens is 950 g/mol. The molecule has 0 bridgehead atoms. The van der Waals surface area contributed by atoms with Crippen molar-refractivity contribution in [3.8, 4) is 22.5 Å². The summed E-state index contributed by atoms with van der Waals surface area (Å²) in [5.41, 5.74) is 6.86. The number of nitrogens with zero attached hydrogens (tertiary/aromatic N) is 7. The predicted molar refractivity (Wildman–Crippen MR) is 247 cm³/mol. The summed E-state index contributed by atoms with van der Waals surface area (Å²) < 4.78 is 32.9. The van der Waals surface area contributed by atoms with Gasteiger partial charge in [-0.05, 0) is 84.4 Å². The van der Waals surface area contributed by atoms with E-state index in [0.29, 0.717) is 22.3 Å². The number of anilines is 1. The van der Waals surface area contributed by atoms with E-state index in [4.69, 9.17) is 11.6 Å². The number of halogens is 3. The highest BCUT2D eigenvalue weighted by Crippen LogP contribution is 2.30. The molecule has 9 aromatic rings. The maximum atomic E-state index is 12.6. The van der Waals surface area contributed by atoms with Gasteiger partial charge in [-0.3, -0.25) is 28.2 Å². The van der Waals surface area contributed by atoms with E-state index in [1.807, 2.05) is 109 Å². The molecular formula is C43H32Br2ClN9O5S. The zero-order valence-electron chi connectivity index (χ0n) is 32.1. The normalized spacial score (nSPS) is 11.2. The van der Waals surface area contributed by atoms with Gasteiger partial charge in [-0.1, -0.05) is 85.9 Å². The second kappa shape index (κ2) is 18.5. The molecule has 0 saturated carbocycles. The van der Waals surface area contributed by atoms with Gasteiger partial charge in [0.15, 0.2) is 5.15 Å². The van der Waals surface area contributed by atoms with Gasteiger partial charge in [0.25, 0.3) is 16.7 Å². The van der Waals surface area contributed by atoms with Crippen LogP contribution in [-0.4, -0.2) is 60.9 Å². The van der Waals surface area contributed by atoms with E-state index in [-0.39, 0.29) is 27.5 Å². The molecule has 0 aliphatic heterocycles. The molecule has 18 heteroatoms. The number of fused-ring (bicyclic) bond motifs is 3. The van der Waals surface area contributed by atoms with Crippen LogP contribution < -0.4 is 21.4 Å². The summed E-state index contributed by atoms with van der Waals surface area (Å²) >= 11 is 12.8. The van der Waals surface area contributed by atoms with Gasteiger partial charge in [-0.2, -0.15) is 12.7 Å². The van der Waals surface area contributed by atoms with Crippen LogP contribution in [0.3, 0.4) is 0 Å².